The van der Waals surface area contributed by atoms with Gasteiger partial charge in [0.15, 0.2) is 0 Å². The van der Waals surface area contributed by atoms with E-state index >= 15 is 0 Å². The van der Waals surface area contributed by atoms with Crippen LogP contribution in [0.4, 0.5) is 0 Å². The lowest BCUT2D eigenvalue weighted by atomic mass is 10.1. The molecular formula is C12H15N3. The first-order valence-corrected chi connectivity index (χ1v) is 5.16. The Morgan fingerprint density at radius 2 is 1.80 bits per heavy atom. The van der Waals surface area contributed by atoms with Crippen LogP contribution < -0.4 is 0 Å². The van der Waals surface area contributed by atoms with Crippen molar-refractivity contribution in [2.45, 2.75) is 26.7 Å². The van der Waals surface area contributed by atoms with E-state index < -0.39 is 0 Å². The van der Waals surface area contributed by atoms with Crippen molar-refractivity contribution in [3.8, 4) is 5.69 Å². The van der Waals surface area contributed by atoms with Crippen molar-refractivity contribution in [1.82, 2.24) is 15.0 Å². The smallest absolute Gasteiger partial charge is 0.0857 e. The summed E-state index contributed by atoms with van der Waals surface area (Å²) in [4.78, 5) is 0. The van der Waals surface area contributed by atoms with E-state index in [0.717, 1.165) is 11.4 Å². The highest BCUT2D eigenvalue weighted by molar-refractivity contribution is 5.33. The number of benzene rings is 1. The van der Waals surface area contributed by atoms with E-state index in [2.05, 4.69) is 43.2 Å². The standard InChI is InChI=1S/C12H15N3/c1-9(2)12-8-15(14-13-12)11-6-4-10(3)5-7-11/h4-9H,1-3H3. The van der Waals surface area contributed by atoms with Crippen molar-refractivity contribution in [3.05, 3.63) is 41.7 Å². The number of rotatable bonds is 2. The van der Waals surface area contributed by atoms with Crippen LogP contribution in [0.15, 0.2) is 30.5 Å². The third-order valence-electron chi connectivity index (χ3n) is 2.40. The summed E-state index contributed by atoms with van der Waals surface area (Å²) in [5.41, 5.74) is 3.33. The number of nitrogens with zero attached hydrogens (tertiary/aromatic N) is 3. The average molecular weight is 201 g/mol. The van der Waals surface area contributed by atoms with E-state index in [-0.39, 0.29) is 0 Å². The zero-order valence-electron chi connectivity index (χ0n) is 9.31. The minimum absolute atomic E-state index is 0.421. The molecule has 0 amide bonds. The molecule has 1 aromatic heterocycles. The van der Waals surface area contributed by atoms with Crippen LogP contribution in [0.2, 0.25) is 0 Å². The molecule has 1 heterocycles. The normalized spacial score (nSPS) is 10.9. The lowest BCUT2D eigenvalue weighted by Gasteiger charge is -2.00. The molecule has 0 aliphatic rings. The summed E-state index contributed by atoms with van der Waals surface area (Å²) in [7, 11) is 0. The number of hydrogen-bond donors (Lipinski definition) is 0. The van der Waals surface area contributed by atoms with E-state index in [1.165, 1.54) is 5.56 Å². The molecule has 0 fully saturated rings. The molecule has 2 rings (SSSR count). The molecule has 0 saturated heterocycles. The quantitative estimate of drug-likeness (QED) is 0.748. The lowest BCUT2D eigenvalue weighted by Crippen LogP contribution is -1.94. The molecular weight excluding hydrogens is 186 g/mol. The van der Waals surface area contributed by atoms with Crippen molar-refractivity contribution in [1.29, 1.82) is 0 Å². The average Bonchev–Trinajstić information content (AvgIpc) is 2.68. The fourth-order valence-corrected chi connectivity index (χ4v) is 1.36. The Hall–Kier alpha value is -1.64. The second-order valence-corrected chi connectivity index (χ2v) is 4.08. The van der Waals surface area contributed by atoms with Crippen LogP contribution >= 0.6 is 0 Å². The van der Waals surface area contributed by atoms with Crippen molar-refractivity contribution in [2.75, 3.05) is 0 Å². The highest BCUT2D eigenvalue weighted by Crippen LogP contribution is 2.13. The van der Waals surface area contributed by atoms with Gasteiger partial charge in [-0.15, -0.1) is 5.10 Å². The molecule has 1 aromatic carbocycles. The molecule has 78 valence electrons. The molecule has 0 unspecified atom stereocenters. The van der Waals surface area contributed by atoms with Crippen LogP contribution in [-0.2, 0) is 0 Å². The number of aromatic nitrogens is 3. The third-order valence-corrected chi connectivity index (χ3v) is 2.40. The minimum Gasteiger partial charge on any atom is -0.220 e. The molecule has 0 N–H and O–H groups in total. The van der Waals surface area contributed by atoms with Gasteiger partial charge in [0, 0.05) is 0 Å². The molecule has 0 bridgehead atoms. The summed E-state index contributed by atoms with van der Waals surface area (Å²) < 4.78 is 1.81. The molecule has 2 aromatic rings. The highest BCUT2D eigenvalue weighted by atomic mass is 15.4. The first-order chi connectivity index (χ1) is 7.16. The van der Waals surface area contributed by atoms with Gasteiger partial charge in [0.1, 0.15) is 0 Å². The van der Waals surface area contributed by atoms with Gasteiger partial charge in [-0.2, -0.15) is 0 Å². The zero-order valence-corrected chi connectivity index (χ0v) is 9.31. The molecule has 0 aliphatic heterocycles. The van der Waals surface area contributed by atoms with Gasteiger partial charge in [0.25, 0.3) is 0 Å². The van der Waals surface area contributed by atoms with Crippen molar-refractivity contribution in [2.24, 2.45) is 0 Å². The first-order valence-electron chi connectivity index (χ1n) is 5.16. The Bertz CT molecular complexity index is 440. The first kappa shape index (κ1) is 9.90. The van der Waals surface area contributed by atoms with Gasteiger partial charge in [0.05, 0.1) is 17.6 Å². The van der Waals surface area contributed by atoms with E-state index in [0.29, 0.717) is 5.92 Å². The Kier molecular flexibility index (Phi) is 2.54. The van der Waals surface area contributed by atoms with Gasteiger partial charge >= 0.3 is 0 Å². The monoisotopic (exact) mass is 201 g/mol. The predicted octanol–water partition coefficient (Wildman–Crippen LogP) is 2.70. The fourth-order valence-electron chi connectivity index (χ4n) is 1.36. The fraction of sp³-hybridized carbons (Fsp3) is 0.333. The largest absolute Gasteiger partial charge is 0.220 e. The Morgan fingerprint density at radius 1 is 1.13 bits per heavy atom. The van der Waals surface area contributed by atoms with E-state index in [1.54, 1.807) is 0 Å². The topological polar surface area (TPSA) is 30.7 Å². The summed E-state index contributed by atoms with van der Waals surface area (Å²) in [5, 5.41) is 8.23. The van der Waals surface area contributed by atoms with E-state index in [1.807, 2.05) is 23.0 Å². The molecule has 0 spiro atoms. The predicted molar refractivity (Wildman–Crippen MR) is 60.2 cm³/mol. The molecule has 3 heteroatoms. The summed E-state index contributed by atoms with van der Waals surface area (Å²) in [5.74, 6) is 0.421. The maximum absolute atomic E-state index is 4.13. The molecule has 0 radical (unpaired) electrons. The second-order valence-electron chi connectivity index (χ2n) is 4.08. The maximum Gasteiger partial charge on any atom is 0.0857 e. The molecule has 0 aliphatic carbocycles. The maximum atomic E-state index is 4.13. The van der Waals surface area contributed by atoms with Crippen molar-refractivity contribution in [3.63, 3.8) is 0 Å². The SMILES string of the molecule is Cc1ccc(-n2cc(C(C)C)nn2)cc1. The van der Waals surface area contributed by atoms with Crippen LogP contribution in [0.1, 0.15) is 31.0 Å². The van der Waals surface area contributed by atoms with Gasteiger partial charge in [-0.25, -0.2) is 4.68 Å². The number of aryl methyl sites for hydroxylation is 1. The van der Waals surface area contributed by atoms with Crippen LogP contribution in [-0.4, -0.2) is 15.0 Å². The zero-order chi connectivity index (χ0) is 10.8. The van der Waals surface area contributed by atoms with Gasteiger partial charge in [-0.1, -0.05) is 36.8 Å². The van der Waals surface area contributed by atoms with Crippen LogP contribution in [0.3, 0.4) is 0 Å². The highest BCUT2D eigenvalue weighted by Gasteiger charge is 2.05. The Balaban J connectivity index is 2.33. The molecule has 3 nitrogen and oxygen atoms in total. The third kappa shape index (κ3) is 2.06. The van der Waals surface area contributed by atoms with Gasteiger partial charge in [0.2, 0.25) is 0 Å². The van der Waals surface area contributed by atoms with E-state index in [4.69, 9.17) is 0 Å². The van der Waals surface area contributed by atoms with Crippen LogP contribution in [0.25, 0.3) is 5.69 Å². The minimum atomic E-state index is 0.421. The van der Waals surface area contributed by atoms with Gasteiger partial charge in [-0.3, -0.25) is 0 Å². The van der Waals surface area contributed by atoms with Crippen molar-refractivity contribution >= 4 is 0 Å². The summed E-state index contributed by atoms with van der Waals surface area (Å²) in [6, 6.07) is 8.25. The summed E-state index contributed by atoms with van der Waals surface area (Å²) >= 11 is 0. The second kappa shape index (κ2) is 3.85. The number of hydrogen-bond acceptors (Lipinski definition) is 2. The summed E-state index contributed by atoms with van der Waals surface area (Å²) in [6.07, 6.45) is 1.98. The molecule has 0 saturated carbocycles. The lowest BCUT2D eigenvalue weighted by molar-refractivity contribution is 0.776. The summed E-state index contributed by atoms with van der Waals surface area (Å²) in [6.45, 7) is 6.30. The Labute approximate surface area is 89.7 Å². The Morgan fingerprint density at radius 3 is 2.33 bits per heavy atom. The van der Waals surface area contributed by atoms with Gasteiger partial charge in [-0.05, 0) is 25.0 Å². The van der Waals surface area contributed by atoms with E-state index in [9.17, 15) is 0 Å². The van der Waals surface area contributed by atoms with Gasteiger partial charge < -0.3 is 0 Å². The van der Waals surface area contributed by atoms with Crippen molar-refractivity contribution < 1.29 is 0 Å². The van der Waals surface area contributed by atoms with Crippen LogP contribution in [0, 0.1) is 6.92 Å². The molecule has 0 atom stereocenters. The van der Waals surface area contributed by atoms with Crippen LogP contribution in [0.5, 0.6) is 0 Å². The molecule has 15 heavy (non-hydrogen) atoms.